The minimum Gasteiger partial charge on any atom is -0.392 e. The summed E-state index contributed by atoms with van der Waals surface area (Å²) in [5, 5.41) is 21.6. The Morgan fingerprint density at radius 1 is 1.17 bits per heavy atom. The Bertz CT molecular complexity index is 854. The molecule has 0 atom stereocenters. The summed E-state index contributed by atoms with van der Waals surface area (Å²) in [6.45, 7) is 0.579. The van der Waals surface area contributed by atoms with Gasteiger partial charge in [-0.3, -0.25) is 0 Å². The maximum Gasteiger partial charge on any atom is 0.173 e. The lowest BCUT2D eigenvalue weighted by Gasteiger charge is -2.03. The van der Waals surface area contributed by atoms with Gasteiger partial charge < -0.3 is 10.8 Å². The summed E-state index contributed by atoms with van der Waals surface area (Å²) in [5.41, 5.74) is 9.25. The van der Waals surface area contributed by atoms with Gasteiger partial charge in [-0.1, -0.05) is 12.1 Å². The van der Waals surface area contributed by atoms with Crippen molar-refractivity contribution in [2.45, 2.75) is 13.2 Å². The van der Waals surface area contributed by atoms with E-state index in [1.165, 1.54) is 0 Å². The van der Waals surface area contributed by atoms with Crippen LogP contribution in [0.15, 0.2) is 65.2 Å². The normalized spacial score (nSPS) is 11.2. The molecule has 3 aromatic rings. The van der Waals surface area contributed by atoms with E-state index in [4.69, 9.17) is 10.8 Å². The molecule has 7 heteroatoms. The molecule has 122 valence electrons. The number of pyridine rings is 1. The second-order valence-electron chi connectivity index (χ2n) is 5.47. The van der Waals surface area contributed by atoms with Crippen molar-refractivity contribution in [2.24, 2.45) is 17.3 Å². The van der Waals surface area contributed by atoms with E-state index in [9.17, 15) is 0 Å². The summed E-state index contributed by atoms with van der Waals surface area (Å²) >= 11 is 0. The van der Waals surface area contributed by atoms with Crippen LogP contribution in [0.5, 0.6) is 0 Å². The number of rotatable bonds is 5. The number of azo groups is 1. The number of benzene rings is 1. The maximum atomic E-state index is 9.03. The van der Waals surface area contributed by atoms with Gasteiger partial charge >= 0.3 is 0 Å². The Labute approximate surface area is 139 Å². The van der Waals surface area contributed by atoms with Gasteiger partial charge in [-0.25, -0.2) is 9.25 Å². The van der Waals surface area contributed by atoms with Crippen molar-refractivity contribution in [3.8, 4) is 0 Å². The molecular formula is C17H19N6O+. The lowest BCUT2D eigenvalue weighted by Crippen LogP contribution is -2.27. The van der Waals surface area contributed by atoms with Crippen molar-refractivity contribution in [2.75, 3.05) is 5.73 Å². The van der Waals surface area contributed by atoms with Gasteiger partial charge in [0, 0.05) is 11.6 Å². The van der Waals surface area contributed by atoms with Crippen molar-refractivity contribution in [1.29, 1.82) is 0 Å². The van der Waals surface area contributed by atoms with Gasteiger partial charge in [-0.15, -0.1) is 5.11 Å². The van der Waals surface area contributed by atoms with E-state index in [1.807, 2.05) is 36.1 Å². The van der Waals surface area contributed by atoms with Crippen LogP contribution in [0.2, 0.25) is 0 Å². The lowest BCUT2D eigenvalue weighted by atomic mass is 10.2. The number of nitrogens with zero attached hydrogens (tertiary/aromatic N) is 5. The van der Waals surface area contributed by atoms with Gasteiger partial charge in [0.1, 0.15) is 18.6 Å². The van der Waals surface area contributed by atoms with E-state index in [-0.39, 0.29) is 6.61 Å². The van der Waals surface area contributed by atoms with Gasteiger partial charge in [-0.2, -0.15) is 10.2 Å². The molecule has 2 heterocycles. The molecule has 0 fully saturated rings. The number of aliphatic hydroxyl groups is 1. The molecule has 0 amide bonds. The van der Waals surface area contributed by atoms with Crippen LogP contribution in [-0.4, -0.2) is 14.9 Å². The topological polar surface area (TPSA) is 92.7 Å². The van der Waals surface area contributed by atoms with E-state index in [1.54, 1.807) is 35.1 Å². The molecule has 7 nitrogen and oxygen atoms in total. The molecule has 0 aliphatic rings. The van der Waals surface area contributed by atoms with Crippen molar-refractivity contribution in [3.05, 3.63) is 66.1 Å². The molecule has 0 spiro atoms. The van der Waals surface area contributed by atoms with Gasteiger partial charge in [0.25, 0.3) is 0 Å². The van der Waals surface area contributed by atoms with Crippen LogP contribution in [0, 0.1) is 0 Å². The molecule has 3 N–H and O–H groups in total. The third-order valence-electron chi connectivity index (χ3n) is 3.59. The largest absolute Gasteiger partial charge is 0.392 e. The molecule has 0 unspecified atom stereocenters. The molecule has 0 saturated heterocycles. The summed E-state index contributed by atoms with van der Waals surface area (Å²) < 4.78 is 3.67. The van der Waals surface area contributed by atoms with Crippen LogP contribution in [0.1, 0.15) is 11.1 Å². The zero-order valence-corrected chi connectivity index (χ0v) is 13.4. The molecule has 2 aromatic heterocycles. The van der Waals surface area contributed by atoms with Crippen LogP contribution in [0.25, 0.3) is 0 Å². The highest BCUT2D eigenvalue weighted by atomic mass is 16.3. The van der Waals surface area contributed by atoms with Crippen LogP contribution < -0.4 is 10.3 Å². The Morgan fingerprint density at radius 3 is 2.67 bits per heavy atom. The molecule has 0 aliphatic heterocycles. The third kappa shape index (κ3) is 3.64. The molecule has 1 aromatic carbocycles. The van der Waals surface area contributed by atoms with Gasteiger partial charge in [0.05, 0.1) is 25.0 Å². The average molecular weight is 323 g/mol. The number of nitrogen functional groups attached to an aromatic ring is 1. The van der Waals surface area contributed by atoms with Crippen molar-refractivity contribution in [1.82, 2.24) is 9.78 Å². The summed E-state index contributed by atoms with van der Waals surface area (Å²) in [6.07, 6.45) is 5.59. The van der Waals surface area contributed by atoms with Gasteiger partial charge in [0.2, 0.25) is 0 Å². The number of aryl methyl sites for hydroxylation is 1. The second kappa shape index (κ2) is 7.01. The fraction of sp³-hybridized carbons (Fsp3) is 0.176. The first-order valence-corrected chi connectivity index (χ1v) is 7.52. The molecule has 0 saturated carbocycles. The number of nitrogens with two attached hydrogens (primary N) is 1. The molecule has 24 heavy (non-hydrogen) atoms. The number of hydrogen-bond donors (Lipinski definition) is 2. The first kappa shape index (κ1) is 15.8. The highest BCUT2D eigenvalue weighted by Gasteiger charge is 2.08. The van der Waals surface area contributed by atoms with Crippen LogP contribution in [-0.2, 0) is 20.2 Å². The Morgan fingerprint density at radius 2 is 1.96 bits per heavy atom. The van der Waals surface area contributed by atoms with E-state index in [0.717, 1.165) is 11.1 Å². The number of aromatic nitrogens is 3. The van der Waals surface area contributed by atoms with Crippen molar-refractivity contribution in [3.63, 3.8) is 0 Å². The highest BCUT2D eigenvalue weighted by molar-refractivity contribution is 5.56. The third-order valence-corrected chi connectivity index (χ3v) is 3.59. The highest BCUT2D eigenvalue weighted by Crippen LogP contribution is 2.24. The Kier molecular flexibility index (Phi) is 4.62. The van der Waals surface area contributed by atoms with Crippen molar-refractivity contribution < 1.29 is 9.67 Å². The first-order chi connectivity index (χ1) is 11.7. The molecule has 0 aliphatic carbocycles. The Balaban J connectivity index is 1.75. The lowest BCUT2D eigenvalue weighted by molar-refractivity contribution is -0.671. The number of anilines is 1. The second-order valence-corrected chi connectivity index (χ2v) is 5.47. The van der Waals surface area contributed by atoms with Crippen LogP contribution in [0.4, 0.5) is 17.2 Å². The van der Waals surface area contributed by atoms with E-state index in [2.05, 4.69) is 15.3 Å². The molecule has 3 rings (SSSR count). The fourth-order valence-corrected chi connectivity index (χ4v) is 2.28. The minimum absolute atomic E-state index is 0.00832. The van der Waals surface area contributed by atoms with Crippen molar-refractivity contribution >= 4 is 17.2 Å². The Hall–Kier alpha value is -3.06. The van der Waals surface area contributed by atoms with Gasteiger partial charge in [-0.05, 0) is 23.8 Å². The molecule has 0 radical (unpaired) electrons. The maximum absolute atomic E-state index is 9.03. The quantitative estimate of drug-likeness (QED) is 0.557. The molecule has 0 bridgehead atoms. The number of hydrogen-bond acceptors (Lipinski definition) is 5. The minimum atomic E-state index is 0.00832. The van der Waals surface area contributed by atoms with E-state index < -0.39 is 0 Å². The average Bonchev–Trinajstić information content (AvgIpc) is 2.94. The predicted octanol–water partition coefficient (Wildman–Crippen LogP) is 2.25. The number of aliphatic hydroxyl groups excluding tert-OH is 1. The zero-order valence-electron chi connectivity index (χ0n) is 13.4. The fourth-order valence-electron chi connectivity index (χ4n) is 2.28. The summed E-state index contributed by atoms with van der Waals surface area (Å²) in [5.74, 6) is 0.470. The monoisotopic (exact) mass is 323 g/mol. The first-order valence-electron chi connectivity index (χ1n) is 7.52. The van der Waals surface area contributed by atoms with E-state index in [0.29, 0.717) is 23.7 Å². The predicted molar refractivity (Wildman–Crippen MR) is 89.9 cm³/mol. The summed E-state index contributed by atoms with van der Waals surface area (Å²) in [4.78, 5) is 0. The zero-order chi connectivity index (χ0) is 16.9. The van der Waals surface area contributed by atoms with Crippen LogP contribution in [0.3, 0.4) is 0 Å². The van der Waals surface area contributed by atoms with E-state index >= 15 is 0 Å². The van der Waals surface area contributed by atoms with Gasteiger partial charge in [0.15, 0.2) is 12.4 Å². The summed E-state index contributed by atoms with van der Waals surface area (Å²) in [7, 11) is 1.97. The smallest absolute Gasteiger partial charge is 0.173 e. The SMILES string of the molecule is C[n+]1cccc(Cn2ncc(N=Nc3ccc(CO)cc3)c2N)c1. The summed E-state index contributed by atoms with van der Waals surface area (Å²) in [6, 6.07) is 11.2. The standard InChI is InChI=1S/C17H19N6O/c1-22-8-2-3-14(10-22)11-23-17(18)16(9-19-23)21-20-15-6-4-13(12-24)5-7-15/h2-10,24H,11-12,18H2,1H3/q+1. The van der Waals surface area contributed by atoms with Crippen LogP contribution >= 0.6 is 0 Å². The molecular weight excluding hydrogens is 304 g/mol.